The number of fused-ring (bicyclic) bond motifs is 1. The normalized spacial score (nSPS) is 14.1. The summed E-state index contributed by atoms with van der Waals surface area (Å²) < 4.78 is 0. The van der Waals surface area contributed by atoms with Gasteiger partial charge in [0.1, 0.15) is 5.82 Å². The van der Waals surface area contributed by atoms with Gasteiger partial charge in [-0.1, -0.05) is 0 Å². The third-order valence-corrected chi connectivity index (χ3v) is 5.44. The van der Waals surface area contributed by atoms with Crippen molar-refractivity contribution in [1.29, 1.82) is 0 Å². The highest BCUT2D eigenvalue weighted by Crippen LogP contribution is 2.32. The summed E-state index contributed by atoms with van der Waals surface area (Å²) in [5, 5.41) is 6.86. The van der Waals surface area contributed by atoms with Gasteiger partial charge >= 0.3 is 0 Å². The summed E-state index contributed by atoms with van der Waals surface area (Å²) in [6, 6.07) is 2.05. The van der Waals surface area contributed by atoms with Crippen molar-refractivity contribution in [2.75, 3.05) is 12.8 Å². The SMILES string of the molecule is Cc1nc(CN(C)C(=O)c2cc3c(s2)CCSC3)n[nH]1. The standard InChI is InChI=1S/C13H16N4OS2/c1-8-14-12(16-15-8)6-17(2)13(18)11-5-9-7-19-4-3-10(9)20-11/h5H,3-4,6-7H2,1-2H3,(H,14,15,16). The molecule has 0 aromatic carbocycles. The number of hydrogen-bond acceptors (Lipinski definition) is 5. The van der Waals surface area contributed by atoms with E-state index in [-0.39, 0.29) is 5.91 Å². The van der Waals surface area contributed by atoms with Crippen LogP contribution in [0, 0.1) is 6.92 Å². The van der Waals surface area contributed by atoms with E-state index in [2.05, 4.69) is 15.2 Å². The average Bonchev–Trinajstić information content (AvgIpc) is 3.03. The van der Waals surface area contributed by atoms with Crippen LogP contribution in [0.5, 0.6) is 0 Å². The Morgan fingerprint density at radius 3 is 3.10 bits per heavy atom. The van der Waals surface area contributed by atoms with Crippen LogP contribution in [0.3, 0.4) is 0 Å². The Morgan fingerprint density at radius 2 is 2.40 bits per heavy atom. The lowest BCUT2D eigenvalue weighted by Crippen LogP contribution is -2.26. The fraction of sp³-hybridized carbons (Fsp3) is 0.462. The van der Waals surface area contributed by atoms with Crippen LogP contribution in [-0.4, -0.2) is 38.8 Å². The highest BCUT2D eigenvalue weighted by atomic mass is 32.2. The molecule has 2 aromatic heterocycles. The Labute approximate surface area is 125 Å². The molecule has 3 heterocycles. The number of carbonyl (C=O) groups is 1. The lowest BCUT2D eigenvalue weighted by Gasteiger charge is -2.13. The molecule has 1 aliphatic heterocycles. The van der Waals surface area contributed by atoms with Crippen molar-refractivity contribution in [1.82, 2.24) is 20.1 Å². The van der Waals surface area contributed by atoms with E-state index < -0.39 is 0 Å². The lowest BCUT2D eigenvalue weighted by atomic mass is 10.2. The number of nitrogens with zero attached hydrogens (tertiary/aromatic N) is 3. The van der Waals surface area contributed by atoms with Crippen molar-refractivity contribution in [3.8, 4) is 0 Å². The first-order chi connectivity index (χ1) is 9.63. The van der Waals surface area contributed by atoms with Crippen LogP contribution in [-0.2, 0) is 18.7 Å². The zero-order valence-electron chi connectivity index (χ0n) is 11.5. The van der Waals surface area contributed by atoms with Gasteiger partial charge in [0.25, 0.3) is 5.91 Å². The Balaban J connectivity index is 1.73. The number of thioether (sulfide) groups is 1. The number of amides is 1. The van der Waals surface area contributed by atoms with Gasteiger partial charge in [-0.3, -0.25) is 9.89 Å². The molecule has 0 unspecified atom stereocenters. The number of rotatable bonds is 3. The number of aryl methyl sites for hydroxylation is 2. The van der Waals surface area contributed by atoms with E-state index in [9.17, 15) is 4.79 Å². The first-order valence-corrected chi connectivity index (χ1v) is 8.43. The maximum Gasteiger partial charge on any atom is 0.264 e. The third kappa shape index (κ3) is 2.73. The minimum absolute atomic E-state index is 0.0526. The van der Waals surface area contributed by atoms with E-state index in [1.165, 1.54) is 10.4 Å². The fourth-order valence-electron chi connectivity index (χ4n) is 2.18. The summed E-state index contributed by atoms with van der Waals surface area (Å²) >= 11 is 3.57. The van der Waals surface area contributed by atoms with Crippen molar-refractivity contribution in [3.63, 3.8) is 0 Å². The topological polar surface area (TPSA) is 61.9 Å². The van der Waals surface area contributed by atoms with Crippen LogP contribution in [0.2, 0.25) is 0 Å². The summed E-state index contributed by atoms with van der Waals surface area (Å²) in [6.07, 6.45) is 1.09. The van der Waals surface area contributed by atoms with Gasteiger partial charge in [0, 0.05) is 17.7 Å². The molecule has 0 radical (unpaired) electrons. The largest absolute Gasteiger partial charge is 0.333 e. The van der Waals surface area contributed by atoms with Gasteiger partial charge in [-0.2, -0.15) is 16.9 Å². The van der Waals surface area contributed by atoms with Crippen LogP contribution in [0.1, 0.15) is 31.8 Å². The zero-order valence-corrected chi connectivity index (χ0v) is 13.1. The molecule has 5 nitrogen and oxygen atoms in total. The molecule has 0 spiro atoms. The summed E-state index contributed by atoms with van der Waals surface area (Å²) in [7, 11) is 1.79. The molecule has 0 saturated carbocycles. The second-order valence-electron chi connectivity index (χ2n) is 4.86. The number of aromatic amines is 1. The van der Waals surface area contributed by atoms with E-state index in [0.29, 0.717) is 12.4 Å². The molecule has 0 atom stereocenters. The summed E-state index contributed by atoms with van der Waals surface area (Å²) in [5.74, 6) is 3.66. The van der Waals surface area contributed by atoms with Crippen molar-refractivity contribution >= 4 is 29.0 Å². The molecule has 0 bridgehead atoms. The molecule has 20 heavy (non-hydrogen) atoms. The fourth-order valence-corrected chi connectivity index (χ4v) is 4.55. The van der Waals surface area contributed by atoms with E-state index >= 15 is 0 Å². The second kappa shape index (κ2) is 5.57. The molecule has 3 rings (SSSR count). The highest BCUT2D eigenvalue weighted by molar-refractivity contribution is 7.98. The van der Waals surface area contributed by atoms with Gasteiger partial charge in [0.05, 0.1) is 11.4 Å². The van der Waals surface area contributed by atoms with Gasteiger partial charge in [0.2, 0.25) is 0 Å². The molecule has 7 heteroatoms. The number of thiophene rings is 1. The molecule has 0 fully saturated rings. The highest BCUT2D eigenvalue weighted by Gasteiger charge is 2.20. The monoisotopic (exact) mass is 308 g/mol. The zero-order chi connectivity index (χ0) is 14.1. The van der Waals surface area contributed by atoms with E-state index in [0.717, 1.165) is 28.6 Å². The smallest absolute Gasteiger partial charge is 0.264 e. The van der Waals surface area contributed by atoms with E-state index in [1.54, 1.807) is 23.3 Å². The van der Waals surface area contributed by atoms with Crippen molar-refractivity contribution in [2.45, 2.75) is 25.6 Å². The van der Waals surface area contributed by atoms with Crippen LogP contribution in [0.4, 0.5) is 0 Å². The minimum Gasteiger partial charge on any atom is -0.333 e. The Hall–Kier alpha value is -1.34. The number of aromatic nitrogens is 3. The van der Waals surface area contributed by atoms with Gasteiger partial charge in [0.15, 0.2) is 5.82 Å². The van der Waals surface area contributed by atoms with Crippen LogP contribution >= 0.6 is 23.1 Å². The predicted molar refractivity (Wildman–Crippen MR) is 81.1 cm³/mol. The number of carbonyl (C=O) groups excluding carboxylic acids is 1. The molecular weight excluding hydrogens is 292 g/mol. The average molecular weight is 308 g/mol. The van der Waals surface area contributed by atoms with Crippen LogP contribution in [0.15, 0.2) is 6.07 Å². The van der Waals surface area contributed by atoms with Crippen LogP contribution < -0.4 is 0 Å². The van der Waals surface area contributed by atoms with Gasteiger partial charge in [-0.15, -0.1) is 11.3 Å². The molecule has 106 valence electrons. The lowest BCUT2D eigenvalue weighted by molar-refractivity contribution is 0.0786. The number of hydrogen-bond donors (Lipinski definition) is 1. The summed E-state index contributed by atoms with van der Waals surface area (Å²) in [4.78, 5) is 20.5. The quantitative estimate of drug-likeness (QED) is 0.944. The molecule has 2 aromatic rings. The van der Waals surface area contributed by atoms with Crippen molar-refractivity contribution < 1.29 is 4.79 Å². The molecule has 1 aliphatic rings. The maximum atomic E-state index is 12.4. The summed E-state index contributed by atoms with van der Waals surface area (Å²) in [6.45, 7) is 2.28. The Morgan fingerprint density at radius 1 is 1.55 bits per heavy atom. The van der Waals surface area contributed by atoms with Crippen molar-refractivity contribution in [2.24, 2.45) is 0 Å². The molecule has 0 aliphatic carbocycles. The molecular formula is C13H16N4OS2. The Kier molecular flexibility index (Phi) is 3.80. The maximum absolute atomic E-state index is 12.4. The van der Waals surface area contributed by atoms with Gasteiger partial charge in [-0.05, 0) is 30.7 Å². The van der Waals surface area contributed by atoms with E-state index in [4.69, 9.17) is 0 Å². The summed E-state index contributed by atoms with van der Waals surface area (Å²) in [5.41, 5.74) is 1.33. The molecule has 1 amide bonds. The predicted octanol–water partition coefficient (Wildman–Crippen LogP) is 2.24. The first-order valence-electron chi connectivity index (χ1n) is 6.46. The minimum atomic E-state index is 0.0526. The molecule has 0 saturated heterocycles. The third-order valence-electron chi connectivity index (χ3n) is 3.21. The van der Waals surface area contributed by atoms with Gasteiger partial charge in [-0.25, -0.2) is 4.98 Å². The van der Waals surface area contributed by atoms with Crippen molar-refractivity contribution in [3.05, 3.63) is 33.0 Å². The number of H-pyrrole nitrogens is 1. The first kappa shape index (κ1) is 13.6. The second-order valence-corrected chi connectivity index (χ2v) is 7.10. The number of nitrogens with one attached hydrogen (secondary N) is 1. The van der Waals surface area contributed by atoms with Gasteiger partial charge < -0.3 is 4.90 Å². The Bertz CT molecular complexity index is 611. The molecule has 1 N–H and O–H groups in total. The van der Waals surface area contributed by atoms with Crippen LogP contribution in [0.25, 0.3) is 0 Å². The van der Waals surface area contributed by atoms with E-state index in [1.807, 2.05) is 24.8 Å².